The number of ketones is 1. The second-order valence-electron chi connectivity index (χ2n) is 10.2. The molecule has 0 spiro atoms. The van der Waals surface area contributed by atoms with Gasteiger partial charge in [0, 0.05) is 23.7 Å². The average Bonchev–Trinajstić information content (AvgIpc) is 3.16. The highest BCUT2D eigenvalue weighted by atomic mass is 32.2. The molecule has 2 aromatic heterocycles. The van der Waals surface area contributed by atoms with Crippen molar-refractivity contribution in [3.05, 3.63) is 60.0 Å². The van der Waals surface area contributed by atoms with E-state index in [1.165, 1.54) is 12.3 Å². The summed E-state index contributed by atoms with van der Waals surface area (Å²) in [6, 6.07) is 11.0. The van der Waals surface area contributed by atoms with Crippen LogP contribution in [0.25, 0.3) is 11.0 Å². The van der Waals surface area contributed by atoms with Crippen LogP contribution in [0.1, 0.15) is 56.2 Å². The molecule has 10 nitrogen and oxygen atoms in total. The van der Waals surface area contributed by atoms with Crippen LogP contribution in [-0.4, -0.2) is 60.0 Å². The van der Waals surface area contributed by atoms with Crippen molar-refractivity contribution in [2.24, 2.45) is 5.92 Å². The second kappa shape index (κ2) is 11.3. The molecular formula is C28H34N4O6S. The third kappa shape index (κ3) is 5.60. The summed E-state index contributed by atoms with van der Waals surface area (Å²) < 4.78 is 32.9. The van der Waals surface area contributed by atoms with Gasteiger partial charge < -0.3 is 15.1 Å². The number of fused-ring (bicyclic) bond motifs is 1. The van der Waals surface area contributed by atoms with Gasteiger partial charge in [0.1, 0.15) is 11.1 Å². The van der Waals surface area contributed by atoms with Crippen molar-refractivity contribution in [3.63, 3.8) is 0 Å². The van der Waals surface area contributed by atoms with E-state index in [0.29, 0.717) is 24.0 Å². The Bertz CT molecular complexity index is 1490. The maximum absolute atomic E-state index is 13.7. The summed E-state index contributed by atoms with van der Waals surface area (Å²) in [7, 11) is -3.96. The van der Waals surface area contributed by atoms with Gasteiger partial charge in [-0.15, -0.1) is 0 Å². The summed E-state index contributed by atoms with van der Waals surface area (Å²) in [6.45, 7) is 6.92. The van der Waals surface area contributed by atoms with Gasteiger partial charge in [0.05, 0.1) is 12.6 Å². The number of pyridine rings is 1. The van der Waals surface area contributed by atoms with Gasteiger partial charge in [0.15, 0.2) is 16.6 Å². The van der Waals surface area contributed by atoms with Crippen molar-refractivity contribution in [1.82, 2.24) is 19.9 Å². The van der Waals surface area contributed by atoms with Crippen LogP contribution in [0.3, 0.4) is 0 Å². The zero-order valence-electron chi connectivity index (χ0n) is 22.6. The van der Waals surface area contributed by atoms with Crippen molar-refractivity contribution >= 4 is 38.6 Å². The number of aryl methyl sites for hydroxylation is 1. The molecule has 1 aromatic carbocycles. The average molecular weight is 555 g/mol. The molecule has 11 heteroatoms. The number of nitrogens with one attached hydrogen (secondary N) is 2. The van der Waals surface area contributed by atoms with E-state index in [4.69, 9.17) is 4.42 Å². The standard InChI is InChI=1S/C28H34N4O6S/c1-5-18(2)28(4,31-26(34)25-19(3)20-11-6-7-13-23(20)38-25)27(35)30-21-12-10-16-32(17-22(21)33)39(36,37)24-14-8-9-15-29-24/h6-9,11,13-15,18,21H,5,10,12,16-17H2,1-4H3,(H,30,35)(H,31,34)/t18-,21?,28?/m1/s1. The molecular weight excluding hydrogens is 520 g/mol. The number of furan rings is 1. The lowest BCUT2D eigenvalue weighted by Crippen LogP contribution is -2.62. The van der Waals surface area contributed by atoms with Crippen LogP contribution in [-0.2, 0) is 19.6 Å². The fraction of sp³-hybridized carbons (Fsp3) is 0.429. The molecule has 3 aromatic rings. The predicted octanol–water partition coefficient (Wildman–Crippen LogP) is 3.21. The molecule has 2 amide bonds. The van der Waals surface area contributed by atoms with Gasteiger partial charge in [0.2, 0.25) is 5.91 Å². The summed E-state index contributed by atoms with van der Waals surface area (Å²) in [5.41, 5.74) is -0.115. The second-order valence-corrected chi connectivity index (χ2v) is 12.0. The molecule has 1 saturated heterocycles. The topological polar surface area (TPSA) is 139 Å². The van der Waals surface area contributed by atoms with Gasteiger partial charge in [-0.25, -0.2) is 13.4 Å². The maximum atomic E-state index is 13.7. The summed E-state index contributed by atoms with van der Waals surface area (Å²) in [6.07, 6.45) is 2.60. The lowest BCUT2D eigenvalue weighted by atomic mass is 9.83. The Morgan fingerprint density at radius 2 is 1.92 bits per heavy atom. The first-order valence-electron chi connectivity index (χ1n) is 13.0. The first kappa shape index (κ1) is 28.4. The van der Waals surface area contributed by atoms with Crippen LogP contribution in [0.4, 0.5) is 0 Å². The van der Waals surface area contributed by atoms with E-state index in [9.17, 15) is 22.8 Å². The zero-order valence-corrected chi connectivity index (χ0v) is 23.4. The highest BCUT2D eigenvalue weighted by Crippen LogP contribution is 2.27. The monoisotopic (exact) mass is 554 g/mol. The number of para-hydroxylation sites is 1. The van der Waals surface area contributed by atoms with Crippen molar-refractivity contribution < 1.29 is 27.2 Å². The minimum Gasteiger partial charge on any atom is -0.451 e. The van der Waals surface area contributed by atoms with Gasteiger partial charge in [-0.05, 0) is 50.8 Å². The van der Waals surface area contributed by atoms with Crippen LogP contribution >= 0.6 is 0 Å². The van der Waals surface area contributed by atoms with Crippen molar-refractivity contribution in [2.75, 3.05) is 13.1 Å². The molecule has 1 aliphatic heterocycles. The molecule has 1 fully saturated rings. The highest BCUT2D eigenvalue weighted by molar-refractivity contribution is 7.89. The van der Waals surface area contributed by atoms with E-state index >= 15 is 0 Å². The molecule has 1 aliphatic rings. The minimum absolute atomic E-state index is 0.124. The Morgan fingerprint density at radius 1 is 1.21 bits per heavy atom. The molecule has 208 valence electrons. The number of aromatic nitrogens is 1. The van der Waals surface area contributed by atoms with Crippen LogP contribution in [0.5, 0.6) is 0 Å². The van der Waals surface area contributed by atoms with Gasteiger partial charge in [-0.3, -0.25) is 14.4 Å². The predicted molar refractivity (Wildman–Crippen MR) is 145 cm³/mol. The van der Waals surface area contributed by atoms with Crippen LogP contribution < -0.4 is 10.6 Å². The third-order valence-electron chi connectivity index (χ3n) is 7.66. The Morgan fingerprint density at radius 3 is 2.59 bits per heavy atom. The molecule has 39 heavy (non-hydrogen) atoms. The number of rotatable bonds is 8. The first-order valence-corrected chi connectivity index (χ1v) is 14.5. The molecule has 4 rings (SSSR count). The number of hydrogen-bond acceptors (Lipinski definition) is 7. The van der Waals surface area contributed by atoms with E-state index in [1.807, 2.05) is 32.0 Å². The number of sulfonamides is 1. The van der Waals surface area contributed by atoms with E-state index < -0.39 is 39.2 Å². The fourth-order valence-electron chi connectivity index (χ4n) is 4.79. The zero-order chi connectivity index (χ0) is 28.4. The molecule has 3 atom stereocenters. The van der Waals surface area contributed by atoms with Crippen LogP contribution in [0.2, 0.25) is 0 Å². The summed E-state index contributed by atoms with van der Waals surface area (Å²) in [5.74, 6) is -1.63. The maximum Gasteiger partial charge on any atom is 0.288 e. The number of amides is 2. The van der Waals surface area contributed by atoms with Crippen molar-refractivity contribution in [2.45, 2.75) is 63.6 Å². The Hall–Kier alpha value is -3.57. The lowest BCUT2D eigenvalue weighted by Gasteiger charge is -2.35. The molecule has 0 aliphatic carbocycles. The highest BCUT2D eigenvalue weighted by Gasteiger charge is 2.43. The van der Waals surface area contributed by atoms with E-state index in [2.05, 4.69) is 15.6 Å². The number of carbonyl (C=O) groups is 3. The molecule has 0 radical (unpaired) electrons. The molecule has 3 heterocycles. The van der Waals surface area contributed by atoms with E-state index in [0.717, 1.165) is 9.69 Å². The normalized spacial score (nSPS) is 19.2. The van der Waals surface area contributed by atoms with Crippen molar-refractivity contribution in [1.29, 1.82) is 0 Å². The number of nitrogens with zero attached hydrogens (tertiary/aromatic N) is 2. The van der Waals surface area contributed by atoms with E-state index in [1.54, 1.807) is 32.0 Å². The first-order chi connectivity index (χ1) is 18.5. The number of Topliss-reactive ketones (excluding diaryl/α,β-unsaturated/α-hetero) is 1. The van der Waals surface area contributed by atoms with E-state index in [-0.39, 0.29) is 36.2 Å². The van der Waals surface area contributed by atoms with Crippen LogP contribution in [0, 0.1) is 12.8 Å². The van der Waals surface area contributed by atoms with Crippen molar-refractivity contribution in [3.8, 4) is 0 Å². The quantitative estimate of drug-likeness (QED) is 0.436. The largest absolute Gasteiger partial charge is 0.451 e. The molecule has 2 N–H and O–H groups in total. The number of benzene rings is 1. The molecule has 2 unspecified atom stereocenters. The van der Waals surface area contributed by atoms with Gasteiger partial charge in [-0.2, -0.15) is 4.31 Å². The molecule has 0 bridgehead atoms. The minimum atomic E-state index is -3.96. The Kier molecular flexibility index (Phi) is 8.22. The van der Waals surface area contributed by atoms with Gasteiger partial charge in [0.25, 0.3) is 15.9 Å². The SMILES string of the molecule is CC[C@@H](C)C(C)(NC(=O)c1oc2ccccc2c1C)C(=O)NC1CCCN(S(=O)(=O)c2ccccn2)CC1=O. The summed E-state index contributed by atoms with van der Waals surface area (Å²) in [5, 5.41) is 6.35. The Labute approximate surface area is 228 Å². The number of carbonyl (C=O) groups excluding carboxylic acids is 3. The van der Waals surface area contributed by atoms with Crippen LogP contribution in [0.15, 0.2) is 58.1 Å². The summed E-state index contributed by atoms with van der Waals surface area (Å²) in [4.78, 5) is 44.1. The fourth-order valence-corrected chi connectivity index (χ4v) is 6.17. The van der Waals surface area contributed by atoms with Gasteiger partial charge >= 0.3 is 0 Å². The molecule has 0 saturated carbocycles. The number of hydrogen-bond donors (Lipinski definition) is 2. The Balaban J connectivity index is 1.52. The smallest absolute Gasteiger partial charge is 0.288 e. The lowest BCUT2D eigenvalue weighted by molar-refractivity contribution is -0.132. The van der Waals surface area contributed by atoms with Gasteiger partial charge in [-0.1, -0.05) is 44.5 Å². The summed E-state index contributed by atoms with van der Waals surface area (Å²) >= 11 is 0. The third-order valence-corrected chi connectivity index (χ3v) is 9.42.